The number of rotatable bonds is 12. The molecule has 1 unspecified atom stereocenters. The van der Waals surface area contributed by atoms with Crippen molar-refractivity contribution in [2.24, 2.45) is 17.3 Å². The van der Waals surface area contributed by atoms with Gasteiger partial charge in [0.05, 0.1) is 23.0 Å². The predicted molar refractivity (Wildman–Crippen MR) is 203 cm³/mol. The van der Waals surface area contributed by atoms with Crippen molar-refractivity contribution in [1.82, 2.24) is 19.9 Å². The molecule has 5 aliphatic carbocycles. The lowest BCUT2D eigenvalue weighted by Crippen LogP contribution is -2.77. The average Bonchev–Trinajstić information content (AvgIpc) is 3.86. The molecule has 4 aromatic rings. The van der Waals surface area contributed by atoms with Crippen molar-refractivity contribution in [3.63, 3.8) is 0 Å². The highest BCUT2D eigenvalue weighted by molar-refractivity contribution is 5.95. The number of hydrogen-bond donors (Lipinski definition) is 0. The average molecular weight is 702 g/mol. The number of carbonyl (C=O) groups is 1. The fourth-order valence-electron chi connectivity index (χ4n) is 9.71. The van der Waals surface area contributed by atoms with Crippen LogP contribution in [-0.2, 0) is 0 Å². The molecule has 5 aliphatic rings. The minimum absolute atomic E-state index is 0.0333. The van der Waals surface area contributed by atoms with Gasteiger partial charge in [-0.25, -0.2) is 14.4 Å². The summed E-state index contributed by atoms with van der Waals surface area (Å²) < 4.78 is 22.6. The first-order chi connectivity index (χ1) is 24.9. The molecule has 52 heavy (non-hydrogen) atoms. The van der Waals surface area contributed by atoms with Crippen LogP contribution in [0.1, 0.15) is 103 Å². The summed E-state index contributed by atoms with van der Waals surface area (Å²) in [5.41, 5.74) is 6.39. The Hall–Kier alpha value is -4.33. The Morgan fingerprint density at radius 1 is 0.923 bits per heavy atom. The van der Waals surface area contributed by atoms with Crippen LogP contribution < -0.4 is 9.64 Å². The largest absolute Gasteiger partial charge is 0.475 e. The Balaban J connectivity index is 1.13. The van der Waals surface area contributed by atoms with E-state index in [0.717, 1.165) is 53.0 Å². The zero-order valence-corrected chi connectivity index (χ0v) is 31.7. The van der Waals surface area contributed by atoms with Gasteiger partial charge in [0.15, 0.2) is 0 Å². The predicted octanol–water partition coefficient (Wildman–Crippen LogP) is 9.17. The number of aryl methyl sites for hydroxylation is 4. The van der Waals surface area contributed by atoms with Crippen molar-refractivity contribution in [3.8, 4) is 17.1 Å². The lowest BCUT2D eigenvalue weighted by Gasteiger charge is -2.72. The Kier molecular flexibility index (Phi) is 8.66. The number of hydrogen-bond acceptors (Lipinski definition) is 6. The molecule has 8 heteroatoms. The molecule has 2 aromatic carbocycles. The second-order valence-electron chi connectivity index (χ2n) is 17.0. The van der Waals surface area contributed by atoms with Crippen LogP contribution in [0.15, 0.2) is 60.7 Å². The van der Waals surface area contributed by atoms with Crippen LogP contribution in [-0.4, -0.2) is 57.0 Å². The maximum atomic E-state index is 16.0. The van der Waals surface area contributed by atoms with Crippen molar-refractivity contribution >= 4 is 11.7 Å². The van der Waals surface area contributed by atoms with Crippen molar-refractivity contribution in [1.29, 1.82) is 0 Å². The number of amides is 1. The monoisotopic (exact) mass is 701 g/mol. The molecule has 2 bridgehead atoms. The lowest BCUT2D eigenvalue weighted by atomic mass is 9.40. The van der Waals surface area contributed by atoms with Gasteiger partial charge in [0.25, 0.3) is 5.91 Å². The lowest BCUT2D eigenvalue weighted by molar-refractivity contribution is -0.172. The summed E-state index contributed by atoms with van der Waals surface area (Å²) in [6.07, 6.45) is 7.46. The molecule has 1 amide bonds. The summed E-state index contributed by atoms with van der Waals surface area (Å²) in [4.78, 5) is 33.8. The topological polar surface area (TPSA) is 71.5 Å². The second-order valence-corrected chi connectivity index (χ2v) is 17.0. The van der Waals surface area contributed by atoms with E-state index >= 15 is 4.39 Å². The smallest absolute Gasteiger partial charge is 0.254 e. The highest BCUT2D eigenvalue weighted by Crippen LogP contribution is 2.70. The first-order valence-electron chi connectivity index (χ1n) is 19.2. The number of halogens is 1. The Labute approximate surface area is 308 Å². The van der Waals surface area contributed by atoms with Gasteiger partial charge < -0.3 is 14.5 Å². The summed E-state index contributed by atoms with van der Waals surface area (Å²) >= 11 is 0. The van der Waals surface area contributed by atoms with Crippen LogP contribution in [0.25, 0.3) is 11.3 Å². The summed E-state index contributed by atoms with van der Waals surface area (Å²) in [7, 11) is 2.10. The first kappa shape index (κ1) is 34.7. The van der Waals surface area contributed by atoms with Gasteiger partial charge in [-0.2, -0.15) is 4.98 Å². The first-order valence-corrected chi connectivity index (χ1v) is 19.2. The molecule has 0 saturated heterocycles. The molecule has 272 valence electrons. The van der Waals surface area contributed by atoms with Crippen LogP contribution in [0.2, 0.25) is 0 Å². The molecule has 2 aromatic heterocycles. The van der Waals surface area contributed by atoms with Gasteiger partial charge in [-0.15, -0.1) is 0 Å². The van der Waals surface area contributed by atoms with Gasteiger partial charge in [-0.3, -0.25) is 4.79 Å². The van der Waals surface area contributed by atoms with Gasteiger partial charge in [0.1, 0.15) is 24.1 Å². The Morgan fingerprint density at radius 3 is 2.27 bits per heavy atom. The van der Waals surface area contributed by atoms with Crippen LogP contribution >= 0.6 is 0 Å². The van der Waals surface area contributed by atoms with Crippen LogP contribution in [0.4, 0.5) is 10.2 Å². The quantitative estimate of drug-likeness (QED) is 0.147. The number of nitrogens with zero attached hydrogens (tertiary/aromatic N) is 5. The Bertz CT molecular complexity index is 1990. The fraction of sp³-hybridized carbons (Fsp3) is 0.500. The maximum absolute atomic E-state index is 16.0. The standard InChI is InChI=1S/C44H52FN5O2/c1-26(2)18-33(25-52-38-20-36(46-30(6)47-38)39-28(4)11-9-12-29(39)5)50(42(51)31-13-8-10-27(3)19-31)44-21-32(22-44)40(44)41-35(45)14-15-37(48-41)49(7)34-23-43(24-34)16-17-43/h8-15,19-20,26,32-34,40H,16-18,21-25H2,1-7H3/t32?,33-,40?,44?/m1/s1. The van der Waals surface area contributed by atoms with Gasteiger partial charge >= 0.3 is 0 Å². The zero-order chi connectivity index (χ0) is 36.5. The van der Waals surface area contributed by atoms with E-state index in [0.29, 0.717) is 40.3 Å². The molecule has 0 radical (unpaired) electrons. The SMILES string of the molecule is Cc1cccc(C(=O)N([C@@H](COc2cc(-c3c(C)cccc3C)nc(C)n2)CC(C)C)C23CC(C2)C3c2nc(N(C)C3CC4(CC4)C3)ccc2F)c1. The molecular weight excluding hydrogens is 650 g/mol. The number of pyridine rings is 1. The van der Waals surface area contributed by atoms with Crippen LogP contribution in [0, 0.1) is 50.8 Å². The molecule has 9 rings (SSSR count). The number of aromatic nitrogens is 3. The van der Waals surface area contributed by atoms with E-state index in [1.165, 1.54) is 25.7 Å². The van der Waals surface area contributed by atoms with Crippen molar-refractivity contribution < 1.29 is 13.9 Å². The van der Waals surface area contributed by atoms with Gasteiger partial charge in [0.2, 0.25) is 5.88 Å². The van der Waals surface area contributed by atoms with E-state index in [-0.39, 0.29) is 36.2 Å². The summed E-state index contributed by atoms with van der Waals surface area (Å²) in [5.74, 6) is 2.04. The van der Waals surface area contributed by atoms with E-state index in [1.807, 2.05) is 50.2 Å². The zero-order valence-electron chi connectivity index (χ0n) is 31.7. The molecule has 0 aliphatic heterocycles. The van der Waals surface area contributed by atoms with Crippen LogP contribution in [0.5, 0.6) is 5.88 Å². The fourth-order valence-corrected chi connectivity index (χ4v) is 9.71. The number of anilines is 1. The van der Waals surface area contributed by atoms with E-state index in [1.54, 1.807) is 6.07 Å². The molecule has 5 saturated carbocycles. The van der Waals surface area contributed by atoms with Crippen molar-refractivity contribution in [2.75, 3.05) is 18.6 Å². The highest BCUT2D eigenvalue weighted by atomic mass is 19.1. The molecule has 7 nitrogen and oxygen atoms in total. The van der Waals surface area contributed by atoms with Crippen molar-refractivity contribution in [3.05, 3.63) is 100 Å². The normalized spacial score (nSPS) is 23.0. The molecule has 2 atom stereocenters. The maximum Gasteiger partial charge on any atom is 0.254 e. The highest BCUT2D eigenvalue weighted by Gasteiger charge is 2.71. The third kappa shape index (κ3) is 6.06. The van der Waals surface area contributed by atoms with E-state index < -0.39 is 5.54 Å². The number of ether oxygens (including phenoxy) is 1. The summed E-state index contributed by atoms with van der Waals surface area (Å²) in [6, 6.07) is 19.6. The molecule has 0 N–H and O–H groups in total. The summed E-state index contributed by atoms with van der Waals surface area (Å²) in [6.45, 7) is 12.7. The van der Waals surface area contributed by atoms with E-state index in [4.69, 9.17) is 14.7 Å². The molecular formula is C44H52FN5O2. The minimum Gasteiger partial charge on any atom is -0.475 e. The molecule has 2 heterocycles. The van der Waals surface area contributed by atoms with Gasteiger partial charge in [-0.1, -0.05) is 49.7 Å². The Morgan fingerprint density at radius 2 is 1.63 bits per heavy atom. The number of carbonyl (C=O) groups excluding carboxylic acids is 1. The van der Waals surface area contributed by atoms with E-state index in [2.05, 4.69) is 67.7 Å². The third-order valence-electron chi connectivity index (χ3n) is 12.7. The van der Waals surface area contributed by atoms with Gasteiger partial charge in [-0.05, 0) is 125 Å². The third-order valence-corrected chi connectivity index (χ3v) is 12.7. The minimum atomic E-state index is -0.543. The van der Waals surface area contributed by atoms with Gasteiger partial charge in [0, 0.05) is 36.2 Å². The molecule has 1 spiro atoms. The van der Waals surface area contributed by atoms with Crippen LogP contribution in [0.3, 0.4) is 0 Å². The summed E-state index contributed by atoms with van der Waals surface area (Å²) in [5, 5.41) is 0. The second kappa shape index (κ2) is 13.0. The molecule has 5 fully saturated rings. The van der Waals surface area contributed by atoms with Crippen molar-refractivity contribution in [2.45, 2.75) is 110 Å². The van der Waals surface area contributed by atoms with E-state index in [9.17, 15) is 4.79 Å². The number of benzene rings is 2.